The summed E-state index contributed by atoms with van der Waals surface area (Å²) in [5.74, 6) is -4.66. The van der Waals surface area contributed by atoms with Gasteiger partial charge in [-0.15, -0.1) is 0 Å². The fourth-order valence-corrected chi connectivity index (χ4v) is 3.75. The Morgan fingerprint density at radius 2 is 0.608 bits per heavy atom. The number of aromatic carboxylic acids is 3. The summed E-state index contributed by atoms with van der Waals surface area (Å²) < 4.78 is 0. The molecule has 5 rings (SSSR count). The van der Waals surface area contributed by atoms with Crippen LogP contribution in [0.2, 0.25) is 0 Å². The van der Waals surface area contributed by atoms with Crippen LogP contribution in [-0.2, 0) is 16.0 Å². The SMILES string of the molecule is C.C.CC(=O)O.CC(=O)O.CC(=O)c1ccc(Cc2ccc(C(=O)O)cc2)cc1.O=C(O)c1ccc(C(=O)O)cc1.c1ccc2ccccc2c1. The number of benzene rings is 5. The van der Waals surface area contributed by atoms with Crippen LogP contribution in [0.1, 0.15) is 88.2 Å². The van der Waals surface area contributed by atoms with E-state index in [-0.39, 0.29) is 37.3 Å². The molecule has 0 unspecified atom stereocenters. The zero-order chi connectivity index (χ0) is 36.9. The molecular formula is C40H44O11. The molecule has 0 aliphatic carbocycles. The maximum absolute atomic E-state index is 11.2. The lowest BCUT2D eigenvalue weighted by Gasteiger charge is -2.03. The Balaban J connectivity index is 0. The number of aliphatic carboxylic acids is 2. The van der Waals surface area contributed by atoms with Crippen molar-refractivity contribution in [2.45, 2.75) is 42.0 Å². The quantitative estimate of drug-likeness (QED) is 0.106. The predicted molar refractivity (Wildman–Crippen MR) is 197 cm³/mol. The van der Waals surface area contributed by atoms with E-state index < -0.39 is 29.8 Å². The zero-order valence-electron chi connectivity index (χ0n) is 26.9. The highest BCUT2D eigenvalue weighted by Crippen LogP contribution is 2.13. The molecule has 0 spiro atoms. The zero-order valence-corrected chi connectivity index (χ0v) is 26.9. The third kappa shape index (κ3) is 19.7. The smallest absolute Gasteiger partial charge is 0.335 e. The Morgan fingerprint density at radius 3 is 0.824 bits per heavy atom. The molecule has 0 amide bonds. The lowest BCUT2D eigenvalue weighted by Crippen LogP contribution is -1.99. The summed E-state index contributed by atoms with van der Waals surface area (Å²) in [4.78, 5) is 60.6. The molecule has 11 heteroatoms. The van der Waals surface area contributed by atoms with Crippen LogP contribution in [0.15, 0.2) is 121 Å². The van der Waals surface area contributed by atoms with Crippen molar-refractivity contribution in [3.63, 3.8) is 0 Å². The maximum atomic E-state index is 11.2. The van der Waals surface area contributed by atoms with E-state index in [4.69, 9.17) is 35.1 Å². The van der Waals surface area contributed by atoms with Gasteiger partial charge in [-0.1, -0.05) is 99.8 Å². The van der Waals surface area contributed by atoms with Gasteiger partial charge in [-0.3, -0.25) is 14.4 Å². The van der Waals surface area contributed by atoms with Crippen molar-refractivity contribution < 1.29 is 54.3 Å². The van der Waals surface area contributed by atoms with Crippen molar-refractivity contribution in [2.75, 3.05) is 0 Å². The van der Waals surface area contributed by atoms with Crippen LogP contribution in [0.3, 0.4) is 0 Å². The third-order valence-corrected chi connectivity index (χ3v) is 6.01. The second-order valence-electron chi connectivity index (χ2n) is 10.0. The molecule has 5 aromatic carbocycles. The van der Waals surface area contributed by atoms with Gasteiger partial charge in [0.25, 0.3) is 11.9 Å². The molecule has 0 fully saturated rings. The summed E-state index contributed by atoms with van der Waals surface area (Å²) in [5, 5.41) is 43.2. The molecule has 270 valence electrons. The summed E-state index contributed by atoms with van der Waals surface area (Å²) >= 11 is 0. The number of carbonyl (C=O) groups is 6. The van der Waals surface area contributed by atoms with Crippen LogP contribution in [0.5, 0.6) is 0 Å². The lowest BCUT2D eigenvalue weighted by atomic mass is 10.0. The van der Waals surface area contributed by atoms with Crippen molar-refractivity contribution in [3.05, 3.63) is 155 Å². The maximum Gasteiger partial charge on any atom is 0.335 e. The standard InChI is InChI=1S/C16H14O3.C10H8.C8H6O4.2C2H4O2.2CH4/c1-11(17)14-6-2-12(3-7-14)10-13-4-8-15(9-5-13)16(18)19;1-2-6-10-8-4-3-7-9(10)5-1;9-7(10)5-1-2-6(4-3-5)8(11)12;2*1-2(3)4;;/h2-9H,10H2,1H3,(H,18,19);1-8H;1-4H,(H,9,10)(H,11,12);2*1H3,(H,3,4);2*1H4. The van der Waals surface area contributed by atoms with Crippen molar-refractivity contribution >= 4 is 46.4 Å². The summed E-state index contributed by atoms with van der Waals surface area (Å²) in [6.45, 7) is 3.71. The van der Waals surface area contributed by atoms with Crippen molar-refractivity contribution in [3.8, 4) is 0 Å². The molecule has 0 aromatic heterocycles. The molecule has 0 bridgehead atoms. The summed E-state index contributed by atoms with van der Waals surface area (Å²) in [5.41, 5.74) is 3.29. The highest BCUT2D eigenvalue weighted by molar-refractivity contribution is 5.94. The van der Waals surface area contributed by atoms with Crippen LogP contribution >= 0.6 is 0 Å². The molecule has 0 heterocycles. The van der Waals surface area contributed by atoms with Crippen LogP contribution in [-0.4, -0.2) is 61.2 Å². The van der Waals surface area contributed by atoms with Gasteiger partial charge in [-0.2, -0.15) is 0 Å². The molecule has 0 saturated carbocycles. The minimum Gasteiger partial charge on any atom is -0.481 e. The van der Waals surface area contributed by atoms with Crippen molar-refractivity contribution in [1.82, 2.24) is 0 Å². The first-order valence-corrected chi connectivity index (χ1v) is 14.4. The largest absolute Gasteiger partial charge is 0.481 e. The summed E-state index contributed by atoms with van der Waals surface area (Å²) in [6, 6.07) is 36.0. The Hall–Kier alpha value is -6.62. The molecule has 0 aliphatic rings. The van der Waals surface area contributed by atoms with Crippen molar-refractivity contribution in [2.24, 2.45) is 0 Å². The van der Waals surface area contributed by atoms with E-state index in [0.717, 1.165) is 31.4 Å². The van der Waals surface area contributed by atoms with Gasteiger partial charge in [0.05, 0.1) is 16.7 Å². The van der Waals surface area contributed by atoms with Crippen LogP contribution in [0, 0.1) is 0 Å². The highest BCUT2D eigenvalue weighted by Gasteiger charge is 2.05. The first kappa shape index (κ1) is 46.5. The van der Waals surface area contributed by atoms with Gasteiger partial charge in [0.1, 0.15) is 0 Å². The number of hydrogen-bond acceptors (Lipinski definition) is 6. The predicted octanol–water partition coefficient (Wildman–Crippen LogP) is 8.56. The van der Waals surface area contributed by atoms with Gasteiger partial charge in [-0.05, 0) is 71.6 Å². The number of Topliss-reactive ketones (excluding diaryl/α,β-unsaturated/α-hetero) is 1. The van der Waals surface area contributed by atoms with Gasteiger partial charge in [0.15, 0.2) is 5.78 Å². The van der Waals surface area contributed by atoms with E-state index in [1.165, 1.54) is 35.0 Å². The normalized spacial score (nSPS) is 8.92. The van der Waals surface area contributed by atoms with E-state index in [1.807, 2.05) is 36.4 Å². The van der Waals surface area contributed by atoms with E-state index in [2.05, 4.69) is 48.5 Å². The summed E-state index contributed by atoms with van der Waals surface area (Å²) in [6.07, 6.45) is 0.720. The Kier molecular flexibility index (Phi) is 22.3. The third-order valence-electron chi connectivity index (χ3n) is 6.01. The Bertz CT molecular complexity index is 1670. The molecular weight excluding hydrogens is 656 g/mol. The topological polar surface area (TPSA) is 204 Å². The molecule has 5 N–H and O–H groups in total. The molecule has 0 radical (unpaired) electrons. The first-order chi connectivity index (χ1) is 23.1. The fraction of sp³-hybridized carbons (Fsp3) is 0.150. The number of carboxylic acids is 5. The molecule has 0 atom stereocenters. The molecule has 11 nitrogen and oxygen atoms in total. The summed E-state index contributed by atoms with van der Waals surface area (Å²) in [7, 11) is 0. The Morgan fingerprint density at radius 1 is 0.392 bits per heavy atom. The second kappa shape index (κ2) is 24.5. The second-order valence-corrected chi connectivity index (χ2v) is 10.0. The average Bonchev–Trinajstić information content (AvgIpc) is 3.05. The van der Waals surface area contributed by atoms with Crippen LogP contribution in [0.25, 0.3) is 10.8 Å². The van der Waals surface area contributed by atoms with Crippen molar-refractivity contribution in [1.29, 1.82) is 0 Å². The number of carboxylic acid groups (broad SMARTS) is 5. The highest BCUT2D eigenvalue weighted by atomic mass is 16.4. The van der Waals surface area contributed by atoms with Crippen LogP contribution in [0.4, 0.5) is 0 Å². The molecule has 0 aliphatic heterocycles. The molecule has 0 saturated heterocycles. The number of hydrogen-bond donors (Lipinski definition) is 5. The minimum atomic E-state index is -1.06. The van der Waals surface area contributed by atoms with E-state index in [9.17, 15) is 19.2 Å². The van der Waals surface area contributed by atoms with Gasteiger partial charge in [0, 0.05) is 19.4 Å². The average molecular weight is 701 g/mol. The number of fused-ring (bicyclic) bond motifs is 1. The molecule has 5 aromatic rings. The van der Waals surface area contributed by atoms with E-state index >= 15 is 0 Å². The number of rotatable bonds is 6. The van der Waals surface area contributed by atoms with E-state index in [0.29, 0.717) is 5.56 Å². The minimum absolute atomic E-state index is 0. The van der Waals surface area contributed by atoms with Gasteiger partial charge in [-0.25, -0.2) is 14.4 Å². The first-order valence-electron chi connectivity index (χ1n) is 14.4. The lowest BCUT2D eigenvalue weighted by molar-refractivity contribution is -0.135. The molecule has 51 heavy (non-hydrogen) atoms. The van der Waals surface area contributed by atoms with Gasteiger partial charge >= 0.3 is 17.9 Å². The van der Waals surface area contributed by atoms with Gasteiger partial charge < -0.3 is 25.5 Å². The van der Waals surface area contributed by atoms with Gasteiger partial charge in [0.2, 0.25) is 0 Å². The number of ketones is 1. The fourth-order valence-electron chi connectivity index (χ4n) is 3.75. The Labute approximate surface area is 297 Å². The van der Waals surface area contributed by atoms with E-state index in [1.54, 1.807) is 19.1 Å². The number of carbonyl (C=O) groups excluding carboxylic acids is 1. The van der Waals surface area contributed by atoms with Crippen LogP contribution < -0.4 is 0 Å². The monoisotopic (exact) mass is 700 g/mol.